The molecule has 2 heterocycles. The lowest BCUT2D eigenvalue weighted by Gasteiger charge is -2.34. The van der Waals surface area contributed by atoms with E-state index in [0.717, 1.165) is 48.4 Å². The van der Waals surface area contributed by atoms with Gasteiger partial charge < -0.3 is 10.0 Å². The first-order chi connectivity index (χ1) is 11.9. The lowest BCUT2D eigenvalue weighted by atomic mass is 9.97. The van der Waals surface area contributed by atoms with Crippen LogP contribution >= 0.6 is 11.3 Å². The number of piperidine rings is 1. The summed E-state index contributed by atoms with van der Waals surface area (Å²) in [6.45, 7) is 4.42. The molecule has 0 radical (unpaired) electrons. The quantitative estimate of drug-likeness (QED) is 0.871. The molecular weight excluding hydrogens is 332 g/mol. The molecule has 1 aliphatic rings. The Morgan fingerprint density at radius 1 is 1.40 bits per heavy atom. The third-order valence-electron chi connectivity index (χ3n) is 4.70. The van der Waals surface area contributed by atoms with E-state index in [2.05, 4.69) is 4.98 Å². The van der Waals surface area contributed by atoms with Crippen molar-refractivity contribution in [1.82, 2.24) is 9.88 Å². The molecule has 134 valence electrons. The highest BCUT2D eigenvalue weighted by Crippen LogP contribution is 2.33. The predicted molar refractivity (Wildman–Crippen MR) is 101 cm³/mol. The van der Waals surface area contributed by atoms with Gasteiger partial charge in [-0.25, -0.2) is 4.98 Å². The van der Waals surface area contributed by atoms with Crippen molar-refractivity contribution in [2.45, 2.75) is 57.6 Å². The maximum absolute atomic E-state index is 13.1. The molecule has 25 heavy (non-hydrogen) atoms. The number of carbonyl (C=O) groups excluding carboxylic acids is 1. The second-order valence-corrected chi connectivity index (χ2v) is 8.32. The van der Waals surface area contributed by atoms with Gasteiger partial charge in [-0.05, 0) is 63.6 Å². The van der Waals surface area contributed by atoms with Crippen LogP contribution in [0.15, 0.2) is 35.8 Å². The fraction of sp³-hybridized carbons (Fsp3) is 0.500. The first-order valence-electron chi connectivity index (χ1n) is 8.96. The molecule has 1 aromatic heterocycles. The second kappa shape index (κ2) is 7.67. The van der Waals surface area contributed by atoms with Crippen molar-refractivity contribution < 1.29 is 9.90 Å². The molecular formula is C20H26N2O2S. The number of nitrogens with zero attached hydrogens (tertiary/aromatic N) is 2. The van der Waals surface area contributed by atoms with Crippen LogP contribution < -0.4 is 0 Å². The van der Waals surface area contributed by atoms with E-state index < -0.39 is 5.60 Å². The number of aliphatic hydroxyl groups is 1. The Morgan fingerprint density at radius 3 is 2.96 bits per heavy atom. The van der Waals surface area contributed by atoms with Gasteiger partial charge in [0.2, 0.25) is 0 Å². The third kappa shape index (κ3) is 4.67. The molecule has 1 amide bonds. The van der Waals surface area contributed by atoms with Crippen molar-refractivity contribution in [2.24, 2.45) is 0 Å². The maximum atomic E-state index is 13.1. The molecule has 1 N–H and O–H groups in total. The number of amides is 1. The third-order valence-corrected chi connectivity index (χ3v) is 5.58. The van der Waals surface area contributed by atoms with Crippen LogP contribution in [-0.2, 0) is 6.42 Å². The first kappa shape index (κ1) is 18.1. The number of likely N-dealkylation sites (tertiary alicyclic amines) is 1. The lowest BCUT2D eigenvalue weighted by Crippen LogP contribution is -2.38. The highest BCUT2D eigenvalue weighted by molar-refractivity contribution is 7.09. The van der Waals surface area contributed by atoms with Gasteiger partial charge in [0.05, 0.1) is 11.6 Å². The van der Waals surface area contributed by atoms with E-state index in [1.807, 2.05) is 54.6 Å². The Bertz CT molecular complexity index is 707. The van der Waals surface area contributed by atoms with Crippen LogP contribution in [0.3, 0.4) is 0 Å². The fourth-order valence-corrected chi connectivity index (χ4v) is 4.09. The zero-order chi connectivity index (χ0) is 17.9. The molecule has 3 rings (SSSR count). The summed E-state index contributed by atoms with van der Waals surface area (Å²) in [5.41, 5.74) is 1.13. The standard InChI is InChI=1S/C20H26N2O2S/c1-20(2,24)10-9-15-6-5-7-16(14-15)19(23)22-12-4-3-8-17(22)18-21-11-13-25-18/h5-7,11,13-14,17,24H,3-4,8-10,12H2,1-2H3/t17-/m0/s1. The van der Waals surface area contributed by atoms with Gasteiger partial charge >= 0.3 is 0 Å². The number of thiazole rings is 1. The molecule has 0 unspecified atom stereocenters. The summed E-state index contributed by atoms with van der Waals surface area (Å²) in [4.78, 5) is 19.5. The van der Waals surface area contributed by atoms with Crippen LogP contribution in [-0.4, -0.2) is 33.0 Å². The molecule has 0 saturated carbocycles. The van der Waals surface area contributed by atoms with Crippen molar-refractivity contribution in [3.8, 4) is 0 Å². The number of rotatable bonds is 5. The molecule has 1 aliphatic heterocycles. The zero-order valence-corrected chi connectivity index (χ0v) is 15.8. The maximum Gasteiger partial charge on any atom is 0.254 e. The van der Waals surface area contributed by atoms with E-state index >= 15 is 0 Å². The van der Waals surface area contributed by atoms with Crippen molar-refractivity contribution in [3.05, 3.63) is 52.0 Å². The summed E-state index contributed by atoms with van der Waals surface area (Å²) in [5.74, 6) is 0.0880. The number of carbonyl (C=O) groups is 1. The predicted octanol–water partition coefficient (Wildman–Crippen LogP) is 4.21. The van der Waals surface area contributed by atoms with Crippen LogP contribution in [0.1, 0.15) is 66.5 Å². The van der Waals surface area contributed by atoms with E-state index in [4.69, 9.17) is 0 Å². The van der Waals surface area contributed by atoms with Crippen LogP contribution in [0, 0.1) is 0 Å². The molecule has 0 spiro atoms. The van der Waals surface area contributed by atoms with E-state index in [1.54, 1.807) is 11.3 Å². The summed E-state index contributed by atoms with van der Waals surface area (Å²) >= 11 is 1.63. The highest BCUT2D eigenvalue weighted by Gasteiger charge is 2.30. The Balaban J connectivity index is 1.77. The van der Waals surface area contributed by atoms with E-state index in [9.17, 15) is 9.90 Å². The Hall–Kier alpha value is -1.72. The smallest absolute Gasteiger partial charge is 0.254 e. The Labute approximate surface area is 153 Å². The van der Waals surface area contributed by atoms with Crippen molar-refractivity contribution in [1.29, 1.82) is 0 Å². The minimum atomic E-state index is -0.692. The summed E-state index contributed by atoms with van der Waals surface area (Å²) in [7, 11) is 0. The van der Waals surface area contributed by atoms with E-state index in [1.165, 1.54) is 0 Å². The van der Waals surface area contributed by atoms with Crippen LogP contribution in [0.4, 0.5) is 0 Å². The largest absolute Gasteiger partial charge is 0.390 e. The van der Waals surface area contributed by atoms with Crippen molar-refractivity contribution >= 4 is 17.2 Å². The van der Waals surface area contributed by atoms with Gasteiger partial charge in [-0.3, -0.25) is 4.79 Å². The van der Waals surface area contributed by atoms with Crippen molar-refractivity contribution in [2.75, 3.05) is 6.54 Å². The number of aromatic nitrogens is 1. The molecule has 2 aromatic rings. The molecule has 1 saturated heterocycles. The average Bonchev–Trinajstić information content (AvgIpc) is 3.13. The number of aryl methyl sites for hydroxylation is 1. The molecule has 1 atom stereocenters. The van der Waals surface area contributed by atoms with Gasteiger partial charge in [0.1, 0.15) is 5.01 Å². The van der Waals surface area contributed by atoms with E-state index in [-0.39, 0.29) is 11.9 Å². The van der Waals surface area contributed by atoms with Crippen LogP contribution in [0.2, 0.25) is 0 Å². The van der Waals surface area contributed by atoms with Gasteiger partial charge in [0.15, 0.2) is 0 Å². The van der Waals surface area contributed by atoms with Gasteiger partial charge in [0, 0.05) is 23.7 Å². The fourth-order valence-electron chi connectivity index (χ4n) is 3.31. The molecule has 5 heteroatoms. The molecule has 4 nitrogen and oxygen atoms in total. The minimum absolute atomic E-state index is 0.0880. The second-order valence-electron chi connectivity index (χ2n) is 7.39. The summed E-state index contributed by atoms with van der Waals surface area (Å²) in [5, 5.41) is 12.9. The Kier molecular flexibility index (Phi) is 5.54. The van der Waals surface area contributed by atoms with Gasteiger partial charge in [-0.15, -0.1) is 11.3 Å². The topological polar surface area (TPSA) is 53.4 Å². The van der Waals surface area contributed by atoms with Gasteiger partial charge in [0.25, 0.3) is 5.91 Å². The Morgan fingerprint density at radius 2 is 2.24 bits per heavy atom. The van der Waals surface area contributed by atoms with Gasteiger partial charge in [-0.1, -0.05) is 12.1 Å². The first-order valence-corrected chi connectivity index (χ1v) is 9.84. The summed E-state index contributed by atoms with van der Waals surface area (Å²) in [6.07, 6.45) is 6.43. The number of benzene rings is 1. The number of hydrogen-bond donors (Lipinski definition) is 1. The molecule has 0 bridgehead atoms. The van der Waals surface area contributed by atoms with Gasteiger partial charge in [-0.2, -0.15) is 0 Å². The summed E-state index contributed by atoms with van der Waals surface area (Å²) in [6, 6.07) is 7.93. The van der Waals surface area contributed by atoms with Crippen LogP contribution in [0.5, 0.6) is 0 Å². The average molecular weight is 359 g/mol. The van der Waals surface area contributed by atoms with E-state index in [0.29, 0.717) is 6.42 Å². The SMILES string of the molecule is CC(C)(O)CCc1cccc(C(=O)N2CCCC[C@H]2c2nccs2)c1. The number of hydrogen-bond acceptors (Lipinski definition) is 4. The normalized spacial score (nSPS) is 18.4. The lowest BCUT2D eigenvalue weighted by molar-refractivity contribution is 0.0611. The molecule has 1 aromatic carbocycles. The zero-order valence-electron chi connectivity index (χ0n) is 14.9. The van der Waals surface area contributed by atoms with Crippen molar-refractivity contribution in [3.63, 3.8) is 0 Å². The highest BCUT2D eigenvalue weighted by atomic mass is 32.1. The van der Waals surface area contributed by atoms with Crippen LogP contribution in [0.25, 0.3) is 0 Å². The minimum Gasteiger partial charge on any atom is -0.390 e. The summed E-state index contributed by atoms with van der Waals surface area (Å²) < 4.78 is 0. The molecule has 1 fully saturated rings. The monoisotopic (exact) mass is 358 g/mol. The molecule has 0 aliphatic carbocycles.